The summed E-state index contributed by atoms with van der Waals surface area (Å²) in [5, 5.41) is 8.69. The number of amides is 3. The molecular formula is C20H26N4O3. The molecule has 0 aliphatic carbocycles. The van der Waals surface area contributed by atoms with Crippen LogP contribution in [0.4, 0.5) is 16.2 Å². The summed E-state index contributed by atoms with van der Waals surface area (Å²) >= 11 is 0. The average molecular weight is 370 g/mol. The van der Waals surface area contributed by atoms with Crippen LogP contribution in [-0.2, 0) is 0 Å². The molecule has 0 saturated carbocycles. The largest absolute Gasteiger partial charge is 0.459 e. The van der Waals surface area contributed by atoms with Crippen molar-refractivity contribution in [3.63, 3.8) is 0 Å². The highest BCUT2D eigenvalue weighted by Gasteiger charge is 2.25. The van der Waals surface area contributed by atoms with Crippen molar-refractivity contribution in [1.29, 1.82) is 0 Å². The molecule has 1 atom stereocenters. The summed E-state index contributed by atoms with van der Waals surface area (Å²) in [4.78, 5) is 26.7. The van der Waals surface area contributed by atoms with E-state index in [1.54, 1.807) is 24.3 Å². The van der Waals surface area contributed by atoms with Crippen molar-refractivity contribution < 1.29 is 14.0 Å². The first-order chi connectivity index (χ1) is 12.9. The monoisotopic (exact) mass is 370 g/mol. The lowest BCUT2D eigenvalue weighted by Gasteiger charge is -2.20. The smallest absolute Gasteiger partial charge is 0.319 e. The Balaban J connectivity index is 1.54. The van der Waals surface area contributed by atoms with Crippen LogP contribution in [0.5, 0.6) is 0 Å². The molecule has 3 amide bonds. The lowest BCUT2D eigenvalue weighted by Crippen LogP contribution is -2.40. The standard InChI is InChI=1S/C20H26N4O3/c1-13(2)24-9-8-16(12-24)22-20(26)21-15-6-7-17(14(3)11-15)23-19(25)18-5-4-10-27-18/h4-7,10-11,13,16H,8-9,12H2,1-3H3,(H,23,25)(H2,21,22,26). The number of benzene rings is 1. The maximum atomic E-state index is 12.3. The minimum Gasteiger partial charge on any atom is -0.459 e. The Morgan fingerprint density at radius 3 is 2.67 bits per heavy atom. The van der Waals surface area contributed by atoms with Crippen LogP contribution in [0, 0.1) is 6.92 Å². The van der Waals surface area contributed by atoms with Gasteiger partial charge in [0.1, 0.15) is 0 Å². The van der Waals surface area contributed by atoms with Gasteiger partial charge in [-0.25, -0.2) is 4.79 Å². The second kappa shape index (κ2) is 8.26. The van der Waals surface area contributed by atoms with E-state index < -0.39 is 0 Å². The summed E-state index contributed by atoms with van der Waals surface area (Å²) in [6, 6.07) is 9.07. The Hall–Kier alpha value is -2.80. The predicted octanol–water partition coefficient (Wildman–Crippen LogP) is 3.44. The van der Waals surface area contributed by atoms with E-state index >= 15 is 0 Å². The van der Waals surface area contributed by atoms with E-state index in [0.29, 0.717) is 17.4 Å². The molecule has 1 fully saturated rings. The molecule has 27 heavy (non-hydrogen) atoms. The zero-order valence-electron chi connectivity index (χ0n) is 15.9. The first-order valence-corrected chi connectivity index (χ1v) is 9.19. The number of anilines is 2. The highest BCUT2D eigenvalue weighted by Crippen LogP contribution is 2.21. The van der Waals surface area contributed by atoms with Gasteiger partial charge in [0.15, 0.2) is 5.76 Å². The van der Waals surface area contributed by atoms with Crippen LogP contribution in [0.1, 0.15) is 36.4 Å². The van der Waals surface area contributed by atoms with Gasteiger partial charge in [0.05, 0.1) is 6.26 Å². The van der Waals surface area contributed by atoms with Gasteiger partial charge in [0.25, 0.3) is 5.91 Å². The van der Waals surface area contributed by atoms with Crippen molar-refractivity contribution in [3.8, 4) is 0 Å². The molecule has 1 unspecified atom stereocenters. The molecule has 2 heterocycles. The van der Waals surface area contributed by atoms with Gasteiger partial charge in [0.2, 0.25) is 0 Å². The maximum absolute atomic E-state index is 12.3. The van der Waals surface area contributed by atoms with Crippen LogP contribution in [0.2, 0.25) is 0 Å². The molecule has 3 N–H and O–H groups in total. The minimum absolute atomic E-state index is 0.167. The lowest BCUT2D eigenvalue weighted by molar-refractivity contribution is 0.0996. The van der Waals surface area contributed by atoms with Crippen molar-refractivity contribution in [2.24, 2.45) is 0 Å². The van der Waals surface area contributed by atoms with Crippen LogP contribution < -0.4 is 16.0 Å². The van der Waals surface area contributed by atoms with Crippen LogP contribution in [0.15, 0.2) is 41.0 Å². The molecule has 7 nitrogen and oxygen atoms in total. The Morgan fingerprint density at radius 1 is 1.22 bits per heavy atom. The third kappa shape index (κ3) is 4.89. The SMILES string of the molecule is Cc1cc(NC(=O)NC2CCN(C(C)C)C2)ccc1NC(=O)c1ccco1. The van der Waals surface area contributed by atoms with Crippen LogP contribution in [0.3, 0.4) is 0 Å². The number of furan rings is 1. The van der Waals surface area contributed by atoms with Crippen LogP contribution >= 0.6 is 0 Å². The van der Waals surface area contributed by atoms with Gasteiger partial charge in [-0.05, 0) is 63.1 Å². The minimum atomic E-state index is -0.308. The molecule has 1 aromatic heterocycles. The number of hydrogen-bond acceptors (Lipinski definition) is 4. The van der Waals surface area contributed by atoms with Crippen molar-refractivity contribution in [3.05, 3.63) is 47.9 Å². The zero-order chi connectivity index (χ0) is 19.4. The number of hydrogen-bond donors (Lipinski definition) is 3. The topological polar surface area (TPSA) is 86.6 Å². The molecule has 1 aliphatic rings. The molecule has 1 saturated heterocycles. The third-order valence-electron chi connectivity index (χ3n) is 4.76. The van der Waals surface area contributed by atoms with Crippen molar-refractivity contribution in [2.75, 3.05) is 23.7 Å². The van der Waals surface area contributed by atoms with E-state index in [1.807, 2.05) is 13.0 Å². The number of urea groups is 1. The molecule has 1 aliphatic heterocycles. The number of rotatable bonds is 5. The highest BCUT2D eigenvalue weighted by atomic mass is 16.3. The number of carbonyl (C=O) groups excluding carboxylic acids is 2. The Bertz CT molecular complexity index is 802. The van der Waals surface area contributed by atoms with Gasteiger partial charge in [0, 0.05) is 36.5 Å². The summed E-state index contributed by atoms with van der Waals surface area (Å²) in [7, 11) is 0. The average Bonchev–Trinajstić information content (AvgIpc) is 3.28. The molecule has 0 spiro atoms. The fraction of sp³-hybridized carbons (Fsp3) is 0.400. The molecule has 0 radical (unpaired) electrons. The van der Waals surface area contributed by atoms with E-state index in [0.717, 1.165) is 25.1 Å². The van der Waals surface area contributed by atoms with E-state index in [4.69, 9.17) is 4.42 Å². The number of aryl methyl sites for hydroxylation is 1. The molecule has 2 aromatic rings. The molecule has 3 rings (SSSR count). The Morgan fingerprint density at radius 2 is 2.04 bits per heavy atom. The summed E-state index contributed by atoms with van der Waals surface area (Å²) in [5.74, 6) is -0.0551. The lowest BCUT2D eigenvalue weighted by atomic mass is 10.1. The van der Waals surface area contributed by atoms with Crippen LogP contribution in [0.25, 0.3) is 0 Å². The number of likely N-dealkylation sites (tertiary alicyclic amines) is 1. The van der Waals surface area contributed by atoms with Gasteiger partial charge < -0.3 is 20.4 Å². The van der Waals surface area contributed by atoms with Gasteiger partial charge in [-0.15, -0.1) is 0 Å². The normalized spacial score (nSPS) is 17.1. The van der Waals surface area contributed by atoms with Gasteiger partial charge >= 0.3 is 6.03 Å². The summed E-state index contributed by atoms with van der Waals surface area (Å²) in [5.41, 5.74) is 2.20. The van der Waals surface area contributed by atoms with Crippen molar-refractivity contribution in [2.45, 2.75) is 39.3 Å². The number of carbonyl (C=O) groups is 2. The molecular weight excluding hydrogens is 344 g/mol. The fourth-order valence-corrected chi connectivity index (χ4v) is 3.20. The number of nitrogens with zero attached hydrogens (tertiary/aromatic N) is 1. The molecule has 7 heteroatoms. The van der Waals surface area contributed by atoms with Gasteiger partial charge in [-0.2, -0.15) is 0 Å². The van der Waals surface area contributed by atoms with E-state index in [9.17, 15) is 9.59 Å². The Kier molecular flexibility index (Phi) is 5.81. The number of nitrogens with one attached hydrogen (secondary N) is 3. The second-order valence-corrected chi connectivity index (χ2v) is 7.13. The zero-order valence-corrected chi connectivity index (χ0v) is 15.9. The summed E-state index contributed by atoms with van der Waals surface area (Å²) < 4.78 is 5.09. The molecule has 144 valence electrons. The predicted molar refractivity (Wildman–Crippen MR) is 105 cm³/mol. The summed E-state index contributed by atoms with van der Waals surface area (Å²) in [6.45, 7) is 8.08. The quantitative estimate of drug-likeness (QED) is 0.752. The first kappa shape index (κ1) is 19.0. The van der Waals surface area contributed by atoms with E-state index in [2.05, 4.69) is 34.7 Å². The maximum Gasteiger partial charge on any atom is 0.319 e. The van der Waals surface area contributed by atoms with Crippen molar-refractivity contribution >= 4 is 23.3 Å². The summed E-state index contributed by atoms with van der Waals surface area (Å²) in [6.07, 6.45) is 2.42. The first-order valence-electron chi connectivity index (χ1n) is 9.19. The fourth-order valence-electron chi connectivity index (χ4n) is 3.20. The van der Waals surface area contributed by atoms with E-state index in [1.165, 1.54) is 6.26 Å². The highest BCUT2D eigenvalue weighted by molar-refractivity contribution is 6.02. The van der Waals surface area contributed by atoms with Gasteiger partial charge in [-0.1, -0.05) is 0 Å². The second-order valence-electron chi connectivity index (χ2n) is 7.13. The molecule has 0 bridgehead atoms. The Labute approximate surface area is 159 Å². The van der Waals surface area contributed by atoms with Crippen molar-refractivity contribution in [1.82, 2.24) is 10.2 Å². The van der Waals surface area contributed by atoms with Crippen LogP contribution in [-0.4, -0.2) is 42.0 Å². The third-order valence-corrected chi connectivity index (χ3v) is 4.76. The molecule has 1 aromatic carbocycles. The van der Waals surface area contributed by atoms with Gasteiger partial charge in [-0.3, -0.25) is 9.69 Å². The van der Waals surface area contributed by atoms with E-state index in [-0.39, 0.29) is 23.7 Å².